The van der Waals surface area contributed by atoms with Crippen molar-refractivity contribution < 1.29 is 10.0 Å². The molecule has 0 unspecified atom stereocenters. The number of hydrogen-bond donors (Lipinski definition) is 1. The van der Waals surface area contributed by atoms with Crippen LogP contribution in [0.2, 0.25) is 0 Å². The van der Waals surface area contributed by atoms with Crippen molar-refractivity contribution in [3.8, 4) is 18.1 Å². The van der Waals surface area contributed by atoms with E-state index < -0.39 is 10.7 Å². The summed E-state index contributed by atoms with van der Waals surface area (Å²) in [5, 5.41) is 19.4. The number of aromatic hydroxyl groups is 1. The Morgan fingerprint density at radius 1 is 1.58 bits per heavy atom. The van der Waals surface area contributed by atoms with Crippen LogP contribution in [0, 0.1) is 22.5 Å². The fourth-order valence-electron chi connectivity index (χ4n) is 0.795. The zero-order chi connectivity index (χ0) is 9.14. The van der Waals surface area contributed by atoms with Gasteiger partial charge in [-0.2, -0.15) is 0 Å². The van der Waals surface area contributed by atoms with Crippen LogP contribution < -0.4 is 0 Å². The lowest BCUT2D eigenvalue weighted by Gasteiger charge is -1.96. The second kappa shape index (κ2) is 2.93. The van der Waals surface area contributed by atoms with Crippen molar-refractivity contribution in [1.29, 1.82) is 0 Å². The van der Waals surface area contributed by atoms with Gasteiger partial charge >= 0.3 is 5.69 Å². The number of nitrogens with zero attached hydrogens (tertiary/aromatic N) is 1. The molecule has 0 saturated heterocycles. The third kappa shape index (κ3) is 1.20. The molecule has 0 spiro atoms. The van der Waals surface area contributed by atoms with E-state index in [2.05, 4.69) is 5.92 Å². The first-order valence-electron chi connectivity index (χ1n) is 3.10. The van der Waals surface area contributed by atoms with Crippen LogP contribution in [-0.2, 0) is 0 Å². The first kappa shape index (κ1) is 8.08. The number of rotatable bonds is 1. The maximum atomic E-state index is 10.3. The Hall–Kier alpha value is -2.02. The smallest absolute Gasteiger partial charge is 0.312 e. The first-order chi connectivity index (χ1) is 5.66. The summed E-state index contributed by atoms with van der Waals surface area (Å²) < 4.78 is 0. The van der Waals surface area contributed by atoms with E-state index >= 15 is 0 Å². The van der Waals surface area contributed by atoms with Crippen molar-refractivity contribution in [3.63, 3.8) is 0 Å². The van der Waals surface area contributed by atoms with E-state index in [0.717, 1.165) is 0 Å². The minimum absolute atomic E-state index is 0.129. The molecular formula is C8H5NO3. The molecule has 0 fully saturated rings. The Morgan fingerprint density at radius 3 is 2.75 bits per heavy atom. The van der Waals surface area contributed by atoms with Crippen molar-refractivity contribution in [2.45, 2.75) is 0 Å². The normalized spacial score (nSPS) is 8.92. The van der Waals surface area contributed by atoms with E-state index in [1.54, 1.807) is 0 Å². The molecule has 0 heterocycles. The van der Waals surface area contributed by atoms with Gasteiger partial charge < -0.3 is 5.11 Å². The van der Waals surface area contributed by atoms with Crippen LogP contribution in [0.1, 0.15) is 5.56 Å². The minimum atomic E-state index is -0.684. The molecule has 0 aliphatic rings. The molecule has 4 nitrogen and oxygen atoms in total. The molecule has 1 N–H and O–H groups in total. The van der Waals surface area contributed by atoms with Crippen molar-refractivity contribution in [2.75, 3.05) is 0 Å². The summed E-state index contributed by atoms with van der Waals surface area (Å²) in [6, 6.07) is 4.05. The van der Waals surface area contributed by atoms with Crippen LogP contribution >= 0.6 is 0 Å². The molecule has 0 aromatic heterocycles. The summed E-state index contributed by atoms with van der Waals surface area (Å²) in [5.74, 6) is 1.68. The molecule has 0 radical (unpaired) electrons. The van der Waals surface area contributed by atoms with Gasteiger partial charge in [0, 0.05) is 6.07 Å². The third-order valence-corrected chi connectivity index (χ3v) is 1.37. The summed E-state index contributed by atoms with van der Waals surface area (Å²) in [4.78, 5) is 9.58. The molecule has 0 amide bonds. The van der Waals surface area contributed by atoms with Gasteiger partial charge in [-0.25, -0.2) is 0 Å². The predicted octanol–water partition coefficient (Wildman–Crippen LogP) is 1.28. The van der Waals surface area contributed by atoms with Gasteiger partial charge in [-0.1, -0.05) is 12.0 Å². The molecule has 1 aromatic carbocycles. The number of hydrogen-bond acceptors (Lipinski definition) is 3. The van der Waals surface area contributed by atoms with Crippen molar-refractivity contribution in [3.05, 3.63) is 33.9 Å². The molecule has 0 saturated carbocycles. The number of nitro groups is 1. The third-order valence-electron chi connectivity index (χ3n) is 1.37. The van der Waals surface area contributed by atoms with Gasteiger partial charge in [-0.15, -0.1) is 6.42 Å². The van der Waals surface area contributed by atoms with Crippen LogP contribution in [0.15, 0.2) is 18.2 Å². The summed E-state index contributed by atoms with van der Waals surface area (Å²) >= 11 is 0. The number of para-hydroxylation sites is 1. The zero-order valence-electron chi connectivity index (χ0n) is 6.02. The topological polar surface area (TPSA) is 63.4 Å². The monoisotopic (exact) mass is 163 g/mol. The molecule has 1 rings (SSSR count). The fraction of sp³-hybridized carbons (Fsp3) is 0. The predicted molar refractivity (Wildman–Crippen MR) is 42.7 cm³/mol. The summed E-state index contributed by atoms with van der Waals surface area (Å²) in [5.41, 5.74) is -0.241. The molecule has 60 valence electrons. The highest BCUT2D eigenvalue weighted by molar-refractivity contribution is 5.56. The second-order valence-electron chi connectivity index (χ2n) is 2.07. The van der Waals surface area contributed by atoms with Crippen LogP contribution in [0.3, 0.4) is 0 Å². The van der Waals surface area contributed by atoms with E-state index in [-0.39, 0.29) is 11.3 Å². The number of phenolic OH excluding ortho intramolecular Hbond substituents is 1. The minimum Gasteiger partial charge on any atom is -0.501 e. The van der Waals surface area contributed by atoms with E-state index in [9.17, 15) is 15.2 Å². The van der Waals surface area contributed by atoms with E-state index in [0.29, 0.717) is 0 Å². The standard InChI is InChI=1S/C8H5NO3/c1-2-6-4-3-5-7(8(6)10)9(11)12/h1,3-5,10H. The number of phenols is 1. The van der Waals surface area contributed by atoms with Crippen LogP contribution in [0.4, 0.5) is 5.69 Å². The Labute approximate surface area is 68.6 Å². The largest absolute Gasteiger partial charge is 0.501 e. The van der Waals surface area contributed by atoms with E-state index in [4.69, 9.17) is 6.42 Å². The molecule has 0 aliphatic carbocycles. The van der Waals surface area contributed by atoms with Crippen molar-refractivity contribution in [1.82, 2.24) is 0 Å². The zero-order valence-corrected chi connectivity index (χ0v) is 6.02. The lowest BCUT2D eigenvalue weighted by atomic mass is 10.2. The molecule has 0 atom stereocenters. The van der Waals surface area contributed by atoms with Crippen LogP contribution in [-0.4, -0.2) is 10.0 Å². The molecule has 12 heavy (non-hydrogen) atoms. The van der Waals surface area contributed by atoms with Gasteiger partial charge in [0.1, 0.15) is 0 Å². The van der Waals surface area contributed by atoms with Crippen LogP contribution in [0.25, 0.3) is 0 Å². The molecule has 1 aromatic rings. The second-order valence-corrected chi connectivity index (χ2v) is 2.07. The average Bonchev–Trinajstić information content (AvgIpc) is 2.04. The summed E-state index contributed by atoms with van der Waals surface area (Å²) in [6.45, 7) is 0. The van der Waals surface area contributed by atoms with Crippen molar-refractivity contribution in [2.24, 2.45) is 0 Å². The Morgan fingerprint density at radius 2 is 2.25 bits per heavy atom. The highest BCUT2D eigenvalue weighted by atomic mass is 16.6. The molecule has 0 aliphatic heterocycles. The maximum absolute atomic E-state index is 10.3. The van der Waals surface area contributed by atoms with Gasteiger partial charge in [-0.05, 0) is 6.07 Å². The number of benzene rings is 1. The SMILES string of the molecule is C#Cc1cccc([N+](=O)[O-])c1O. The molecule has 0 bridgehead atoms. The fourth-order valence-corrected chi connectivity index (χ4v) is 0.795. The van der Waals surface area contributed by atoms with E-state index in [1.165, 1.54) is 18.2 Å². The number of nitro benzene ring substituents is 1. The highest BCUT2D eigenvalue weighted by Gasteiger charge is 2.14. The lowest BCUT2D eigenvalue weighted by Crippen LogP contribution is -1.89. The highest BCUT2D eigenvalue weighted by Crippen LogP contribution is 2.28. The Bertz CT molecular complexity index is 365. The molecular weight excluding hydrogens is 158 g/mol. The Balaban J connectivity index is 3.35. The number of terminal acetylenes is 1. The van der Waals surface area contributed by atoms with Crippen molar-refractivity contribution >= 4 is 5.69 Å². The summed E-state index contributed by atoms with van der Waals surface area (Å²) in [7, 11) is 0. The van der Waals surface area contributed by atoms with E-state index in [1.807, 2.05) is 0 Å². The van der Waals surface area contributed by atoms with Gasteiger partial charge in [0.05, 0.1) is 10.5 Å². The Kier molecular flexibility index (Phi) is 1.97. The van der Waals surface area contributed by atoms with Gasteiger partial charge in [-0.3, -0.25) is 10.1 Å². The van der Waals surface area contributed by atoms with Gasteiger partial charge in [0.2, 0.25) is 5.75 Å². The molecule has 4 heteroatoms. The summed E-state index contributed by atoms with van der Waals surface area (Å²) in [6.07, 6.45) is 4.99. The first-order valence-corrected chi connectivity index (χ1v) is 3.10. The maximum Gasteiger partial charge on any atom is 0.312 e. The van der Waals surface area contributed by atoms with Gasteiger partial charge in [0.25, 0.3) is 0 Å². The van der Waals surface area contributed by atoms with Crippen LogP contribution in [0.5, 0.6) is 5.75 Å². The quantitative estimate of drug-likeness (QED) is 0.385. The van der Waals surface area contributed by atoms with Gasteiger partial charge in [0.15, 0.2) is 0 Å². The lowest BCUT2D eigenvalue weighted by molar-refractivity contribution is -0.385. The average molecular weight is 163 g/mol.